The summed E-state index contributed by atoms with van der Waals surface area (Å²) >= 11 is 0. The smallest absolute Gasteiger partial charge is 0.308 e. The zero-order valence-electron chi connectivity index (χ0n) is 14.4. The van der Waals surface area contributed by atoms with Gasteiger partial charge in [0.05, 0.1) is 18.2 Å². The SMILES string of the molecule is CCOC(=O)C(CC)CCN=C(c1ccccc1)c1ccccc1. The van der Waals surface area contributed by atoms with Crippen molar-refractivity contribution >= 4 is 11.7 Å². The monoisotopic (exact) mass is 323 g/mol. The Kier molecular flexibility index (Phi) is 7.21. The Hall–Kier alpha value is -2.42. The van der Waals surface area contributed by atoms with Crippen LogP contribution < -0.4 is 0 Å². The summed E-state index contributed by atoms with van der Waals surface area (Å²) in [6.45, 7) is 4.89. The summed E-state index contributed by atoms with van der Waals surface area (Å²) in [5, 5.41) is 0. The lowest BCUT2D eigenvalue weighted by atomic mass is 10.0. The van der Waals surface area contributed by atoms with Crippen molar-refractivity contribution in [2.24, 2.45) is 10.9 Å². The van der Waals surface area contributed by atoms with Gasteiger partial charge in [-0.15, -0.1) is 0 Å². The van der Waals surface area contributed by atoms with Crippen molar-refractivity contribution < 1.29 is 9.53 Å². The predicted octanol–water partition coefficient (Wildman–Crippen LogP) is 4.50. The van der Waals surface area contributed by atoms with Gasteiger partial charge in [-0.3, -0.25) is 9.79 Å². The predicted molar refractivity (Wildman–Crippen MR) is 98.4 cm³/mol. The molecule has 0 fully saturated rings. The average molecular weight is 323 g/mol. The molecule has 0 spiro atoms. The maximum absolute atomic E-state index is 11.9. The minimum atomic E-state index is -0.115. The van der Waals surface area contributed by atoms with Crippen molar-refractivity contribution in [3.63, 3.8) is 0 Å². The number of nitrogens with zero attached hydrogens (tertiary/aromatic N) is 1. The Balaban J connectivity index is 2.16. The molecular weight excluding hydrogens is 298 g/mol. The number of aliphatic imine (C=N–C) groups is 1. The molecule has 0 bridgehead atoms. The molecule has 3 nitrogen and oxygen atoms in total. The highest BCUT2D eigenvalue weighted by Gasteiger charge is 2.17. The van der Waals surface area contributed by atoms with Crippen LogP contribution in [0.2, 0.25) is 0 Å². The van der Waals surface area contributed by atoms with Gasteiger partial charge in [0.25, 0.3) is 0 Å². The molecule has 0 aromatic heterocycles. The minimum absolute atomic E-state index is 0.0819. The summed E-state index contributed by atoms with van der Waals surface area (Å²) in [6, 6.07) is 20.3. The van der Waals surface area contributed by atoms with Gasteiger partial charge in [0.1, 0.15) is 0 Å². The molecule has 0 saturated heterocycles. The van der Waals surface area contributed by atoms with Crippen LogP contribution in [0, 0.1) is 5.92 Å². The average Bonchev–Trinajstić information content (AvgIpc) is 2.63. The van der Waals surface area contributed by atoms with E-state index in [1.54, 1.807) is 0 Å². The zero-order valence-corrected chi connectivity index (χ0v) is 14.4. The van der Waals surface area contributed by atoms with Gasteiger partial charge in [0, 0.05) is 17.7 Å². The standard InChI is InChI=1S/C21H25NO2/c1-3-17(21(23)24-4-2)15-16-22-20(18-11-7-5-8-12-18)19-13-9-6-10-14-19/h5-14,17H,3-4,15-16H2,1-2H3. The van der Waals surface area contributed by atoms with Gasteiger partial charge in [-0.05, 0) is 19.8 Å². The molecule has 0 N–H and O–H groups in total. The zero-order chi connectivity index (χ0) is 17.2. The van der Waals surface area contributed by atoms with Crippen LogP contribution in [0.25, 0.3) is 0 Å². The van der Waals surface area contributed by atoms with E-state index in [-0.39, 0.29) is 11.9 Å². The van der Waals surface area contributed by atoms with Crippen molar-refractivity contribution in [2.45, 2.75) is 26.7 Å². The fourth-order valence-electron chi connectivity index (χ4n) is 2.62. The third kappa shape index (κ3) is 5.05. The Bertz CT molecular complexity index is 609. The molecule has 3 heteroatoms. The topological polar surface area (TPSA) is 38.7 Å². The lowest BCUT2D eigenvalue weighted by Gasteiger charge is -2.13. The first-order valence-corrected chi connectivity index (χ1v) is 8.58. The van der Waals surface area contributed by atoms with Gasteiger partial charge in [0.2, 0.25) is 0 Å². The van der Waals surface area contributed by atoms with E-state index in [1.165, 1.54) is 0 Å². The number of esters is 1. The number of rotatable bonds is 8. The third-order valence-corrected chi connectivity index (χ3v) is 3.95. The van der Waals surface area contributed by atoms with Crippen LogP contribution >= 0.6 is 0 Å². The number of carbonyl (C=O) groups excluding carboxylic acids is 1. The van der Waals surface area contributed by atoms with E-state index in [0.29, 0.717) is 19.6 Å². The van der Waals surface area contributed by atoms with Gasteiger partial charge in [-0.25, -0.2) is 0 Å². The van der Waals surface area contributed by atoms with E-state index in [4.69, 9.17) is 9.73 Å². The highest BCUT2D eigenvalue weighted by molar-refractivity contribution is 6.12. The summed E-state index contributed by atoms with van der Waals surface area (Å²) in [5.41, 5.74) is 3.15. The quantitative estimate of drug-likeness (QED) is 0.530. The van der Waals surface area contributed by atoms with Crippen molar-refractivity contribution in [3.8, 4) is 0 Å². The number of hydrogen-bond acceptors (Lipinski definition) is 3. The van der Waals surface area contributed by atoms with Crippen LogP contribution in [0.1, 0.15) is 37.8 Å². The summed E-state index contributed by atoms with van der Waals surface area (Å²) in [5.74, 6) is -0.197. The van der Waals surface area contributed by atoms with Gasteiger partial charge in [0.15, 0.2) is 0 Å². The molecule has 0 aliphatic carbocycles. The second-order valence-corrected chi connectivity index (χ2v) is 5.61. The van der Waals surface area contributed by atoms with E-state index < -0.39 is 0 Å². The van der Waals surface area contributed by atoms with E-state index in [9.17, 15) is 4.79 Å². The first-order chi connectivity index (χ1) is 11.8. The van der Waals surface area contributed by atoms with Crippen molar-refractivity contribution in [3.05, 3.63) is 71.8 Å². The molecule has 1 unspecified atom stereocenters. The van der Waals surface area contributed by atoms with E-state index >= 15 is 0 Å². The van der Waals surface area contributed by atoms with Crippen LogP contribution in [0.4, 0.5) is 0 Å². The normalized spacial score (nSPS) is 11.6. The van der Waals surface area contributed by atoms with Crippen LogP contribution in [0.5, 0.6) is 0 Å². The molecule has 0 aliphatic heterocycles. The lowest BCUT2D eigenvalue weighted by molar-refractivity contribution is -0.148. The molecule has 126 valence electrons. The van der Waals surface area contributed by atoms with Crippen LogP contribution in [-0.4, -0.2) is 24.8 Å². The molecule has 24 heavy (non-hydrogen) atoms. The molecule has 0 heterocycles. The first-order valence-electron chi connectivity index (χ1n) is 8.58. The van der Waals surface area contributed by atoms with Gasteiger partial charge >= 0.3 is 5.97 Å². The van der Waals surface area contributed by atoms with Crippen molar-refractivity contribution in [1.29, 1.82) is 0 Å². The fourth-order valence-corrected chi connectivity index (χ4v) is 2.62. The van der Waals surface area contributed by atoms with E-state index in [1.807, 2.05) is 50.2 Å². The summed E-state index contributed by atoms with van der Waals surface area (Å²) < 4.78 is 5.13. The summed E-state index contributed by atoms with van der Waals surface area (Å²) in [7, 11) is 0. The van der Waals surface area contributed by atoms with E-state index in [2.05, 4.69) is 24.3 Å². The number of ether oxygens (including phenoxy) is 1. The first kappa shape index (κ1) is 17.9. The maximum atomic E-state index is 11.9. The van der Waals surface area contributed by atoms with Crippen LogP contribution in [-0.2, 0) is 9.53 Å². The molecule has 2 aromatic rings. The minimum Gasteiger partial charge on any atom is -0.466 e. The largest absolute Gasteiger partial charge is 0.466 e. The van der Waals surface area contributed by atoms with Gasteiger partial charge < -0.3 is 4.74 Å². The van der Waals surface area contributed by atoms with Gasteiger partial charge in [-0.1, -0.05) is 67.6 Å². The number of hydrogen-bond donors (Lipinski definition) is 0. The molecule has 0 saturated carbocycles. The summed E-state index contributed by atoms with van der Waals surface area (Å²) in [4.78, 5) is 16.7. The molecule has 1 atom stereocenters. The lowest BCUT2D eigenvalue weighted by Crippen LogP contribution is -2.18. The Morgan fingerprint density at radius 1 is 0.958 bits per heavy atom. The van der Waals surface area contributed by atoms with Crippen molar-refractivity contribution in [2.75, 3.05) is 13.2 Å². The third-order valence-electron chi connectivity index (χ3n) is 3.95. The number of carbonyl (C=O) groups is 1. The van der Waals surface area contributed by atoms with Crippen molar-refractivity contribution in [1.82, 2.24) is 0 Å². The Morgan fingerprint density at radius 2 is 1.50 bits per heavy atom. The highest BCUT2D eigenvalue weighted by Crippen LogP contribution is 2.14. The fraction of sp³-hybridized carbons (Fsp3) is 0.333. The second kappa shape index (κ2) is 9.66. The molecule has 2 rings (SSSR count). The number of benzene rings is 2. The van der Waals surface area contributed by atoms with Crippen LogP contribution in [0.15, 0.2) is 65.7 Å². The molecule has 2 aromatic carbocycles. The molecule has 0 radical (unpaired) electrons. The van der Waals surface area contributed by atoms with Crippen LogP contribution in [0.3, 0.4) is 0 Å². The summed E-state index contributed by atoms with van der Waals surface area (Å²) in [6.07, 6.45) is 1.48. The molecular formula is C21H25NO2. The highest BCUT2D eigenvalue weighted by atomic mass is 16.5. The maximum Gasteiger partial charge on any atom is 0.308 e. The Labute approximate surface area is 144 Å². The molecule has 0 aliphatic rings. The Morgan fingerprint density at radius 3 is 1.96 bits per heavy atom. The van der Waals surface area contributed by atoms with E-state index in [0.717, 1.165) is 23.3 Å². The second-order valence-electron chi connectivity index (χ2n) is 5.61. The van der Waals surface area contributed by atoms with Gasteiger partial charge in [-0.2, -0.15) is 0 Å². The molecule has 0 amide bonds.